The summed E-state index contributed by atoms with van der Waals surface area (Å²) in [5.41, 5.74) is 1.58. The molecule has 2 nitrogen and oxygen atoms in total. The topological polar surface area (TPSA) is 33.1 Å². The summed E-state index contributed by atoms with van der Waals surface area (Å²) in [6.45, 7) is 1.82. The Kier molecular flexibility index (Phi) is 2.21. The fourth-order valence-corrected chi connectivity index (χ4v) is 2.70. The quantitative estimate of drug-likeness (QED) is 0.470. The van der Waals surface area contributed by atoms with E-state index in [2.05, 4.69) is 47.4 Å². The second-order valence-corrected chi connectivity index (χ2v) is 5.18. The third-order valence-electron chi connectivity index (χ3n) is 3.80. The zero-order valence-corrected chi connectivity index (χ0v) is 11.1. The third kappa shape index (κ3) is 1.62. The molecule has 0 aliphatic rings. The van der Waals surface area contributed by atoms with Crippen molar-refractivity contribution in [3.63, 3.8) is 0 Å². The van der Waals surface area contributed by atoms with E-state index in [-0.39, 0.29) is 5.75 Å². The van der Waals surface area contributed by atoms with E-state index in [1.807, 2.05) is 13.0 Å². The molecule has 0 radical (unpaired) electrons. The number of aromatic nitrogens is 1. The lowest BCUT2D eigenvalue weighted by Gasteiger charge is -2.06. The summed E-state index contributed by atoms with van der Waals surface area (Å²) in [7, 11) is 0. The number of fused-ring (bicyclic) bond motifs is 3. The maximum Gasteiger partial charge on any atom is 0.137 e. The lowest BCUT2D eigenvalue weighted by atomic mass is 10.0. The summed E-state index contributed by atoms with van der Waals surface area (Å²) in [4.78, 5) is 4.46. The number of aromatic hydroxyl groups is 1. The molecule has 1 aromatic heterocycles. The molecule has 0 atom stereocenters. The molecule has 0 saturated carbocycles. The Hall–Kier alpha value is -2.61. The lowest BCUT2D eigenvalue weighted by molar-refractivity contribution is 0.469. The molecule has 0 unspecified atom stereocenters. The number of benzene rings is 3. The van der Waals surface area contributed by atoms with E-state index in [1.54, 1.807) is 6.07 Å². The molecule has 0 amide bonds. The van der Waals surface area contributed by atoms with E-state index >= 15 is 0 Å². The maximum atomic E-state index is 9.80. The number of rotatable bonds is 0. The molecule has 96 valence electrons. The van der Waals surface area contributed by atoms with E-state index in [4.69, 9.17) is 0 Å². The van der Waals surface area contributed by atoms with Gasteiger partial charge in [0.15, 0.2) is 0 Å². The van der Waals surface area contributed by atoms with Crippen LogP contribution < -0.4 is 0 Å². The molecule has 4 rings (SSSR count). The Balaban J connectivity index is 2.15. The zero-order valence-electron chi connectivity index (χ0n) is 11.1. The van der Waals surface area contributed by atoms with Gasteiger partial charge in [0, 0.05) is 5.39 Å². The Labute approximate surface area is 116 Å². The Morgan fingerprint density at radius 2 is 1.35 bits per heavy atom. The van der Waals surface area contributed by atoms with Crippen molar-refractivity contribution in [2.75, 3.05) is 0 Å². The first kappa shape index (κ1) is 11.2. The van der Waals surface area contributed by atoms with Gasteiger partial charge >= 0.3 is 0 Å². The highest BCUT2D eigenvalue weighted by Crippen LogP contribution is 2.29. The predicted octanol–water partition coefficient (Wildman–Crippen LogP) is 4.56. The second-order valence-electron chi connectivity index (χ2n) is 5.18. The van der Waals surface area contributed by atoms with E-state index in [0.29, 0.717) is 5.69 Å². The Morgan fingerprint density at radius 1 is 0.750 bits per heavy atom. The standard InChI is InChI=1S/C18H13NO/c1-11-18(20)10-16-8-14-6-12-4-2-3-5-13(12)7-15(14)9-17(16)19-11/h2-10,20H,1H3. The molecule has 3 aromatic carbocycles. The molecule has 0 aliphatic carbocycles. The van der Waals surface area contributed by atoms with Crippen LogP contribution in [0.2, 0.25) is 0 Å². The van der Waals surface area contributed by atoms with Crippen molar-refractivity contribution < 1.29 is 5.11 Å². The first-order chi connectivity index (χ1) is 9.70. The smallest absolute Gasteiger partial charge is 0.137 e. The van der Waals surface area contributed by atoms with Gasteiger partial charge in [-0.05, 0) is 58.8 Å². The van der Waals surface area contributed by atoms with Crippen molar-refractivity contribution in [2.45, 2.75) is 6.92 Å². The van der Waals surface area contributed by atoms with Crippen LogP contribution >= 0.6 is 0 Å². The van der Waals surface area contributed by atoms with Crippen LogP contribution in [0.15, 0.2) is 54.6 Å². The summed E-state index contributed by atoms with van der Waals surface area (Å²) in [6, 6.07) is 18.7. The van der Waals surface area contributed by atoms with Crippen molar-refractivity contribution in [1.82, 2.24) is 4.98 Å². The largest absolute Gasteiger partial charge is 0.506 e. The molecule has 20 heavy (non-hydrogen) atoms. The maximum absolute atomic E-state index is 9.80. The SMILES string of the molecule is Cc1nc2cc3cc4ccccc4cc3cc2cc1O. The second kappa shape index (κ2) is 3.94. The summed E-state index contributed by atoms with van der Waals surface area (Å²) < 4.78 is 0. The molecular weight excluding hydrogens is 246 g/mol. The van der Waals surface area contributed by atoms with Gasteiger partial charge in [0.2, 0.25) is 0 Å². The highest BCUT2D eigenvalue weighted by Gasteiger charge is 2.05. The Bertz CT molecular complexity index is 893. The van der Waals surface area contributed by atoms with Crippen molar-refractivity contribution in [3.05, 3.63) is 60.3 Å². The average molecular weight is 259 g/mol. The molecule has 0 spiro atoms. The highest BCUT2D eigenvalue weighted by atomic mass is 16.3. The lowest BCUT2D eigenvalue weighted by Crippen LogP contribution is -1.85. The molecule has 0 saturated heterocycles. The third-order valence-corrected chi connectivity index (χ3v) is 3.80. The first-order valence-electron chi connectivity index (χ1n) is 6.63. The van der Waals surface area contributed by atoms with Crippen molar-refractivity contribution in [1.29, 1.82) is 0 Å². The molecule has 4 aromatic rings. The van der Waals surface area contributed by atoms with Crippen LogP contribution in [0, 0.1) is 6.92 Å². The molecule has 1 N–H and O–H groups in total. The van der Waals surface area contributed by atoms with Gasteiger partial charge in [0.25, 0.3) is 0 Å². The number of pyridine rings is 1. The normalized spacial score (nSPS) is 11.4. The molecular formula is C18H13NO. The summed E-state index contributed by atoms with van der Waals surface area (Å²) in [6.07, 6.45) is 0. The van der Waals surface area contributed by atoms with Crippen LogP contribution in [0.1, 0.15) is 5.69 Å². The van der Waals surface area contributed by atoms with Crippen molar-refractivity contribution in [2.24, 2.45) is 0 Å². The van der Waals surface area contributed by atoms with Gasteiger partial charge < -0.3 is 5.11 Å². The van der Waals surface area contributed by atoms with Crippen LogP contribution in [0.3, 0.4) is 0 Å². The molecule has 0 bridgehead atoms. The monoisotopic (exact) mass is 259 g/mol. The van der Waals surface area contributed by atoms with Gasteiger partial charge in [-0.15, -0.1) is 0 Å². The van der Waals surface area contributed by atoms with Gasteiger partial charge in [0.1, 0.15) is 5.75 Å². The van der Waals surface area contributed by atoms with Gasteiger partial charge in [-0.1, -0.05) is 24.3 Å². The van der Waals surface area contributed by atoms with Crippen LogP contribution in [-0.4, -0.2) is 10.1 Å². The van der Waals surface area contributed by atoms with E-state index < -0.39 is 0 Å². The van der Waals surface area contributed by atoms with Gasteiger partial charge in [-0.2, -0.15) is 0 Å². The average Bonchev–Trinajstić information content (AvgIpc) is 2.44. The number of hydrogen-bond donors (Lipinski definition) is 1. The molecule has 1 heterocycles. The fourth-order valence-electron chi connectivity index (χ4n) is 2.70. The van der Waals surface area contributed by atoms with Crippen LogP contribution in [-0.2, 0) is 0 Å². The number of nitrogens with zero attached hydrogens (tertiary/aromatic N) is 1. The number of hydrogen-bond acceptors (Lipinski definition) is 2. The van der Waals surface area contributed by atoms with Crippen LogP contribution in [0.25, 0.3) is 32.4 Å². The van der Waals surface area contributed by atoms with Gasteiger partial charge in [-0.3, -0.25) is 0 Å². The van der Waals surface area contributed by atoms with Crippen LogP contribution in [0.4, 0.5) is 0 Å². The summed E-state index contributed by atoms with van der Waals surface area (Å²) >= 11 is 0. The highest BCUT2D eigenvalue weighted by molar-refractivity contribution is 6.04. The number of aryl methyl sites for hydroxylation is 1. The van der Waals surface area contributed by atoms with Crippen molar-refractivity contribution in [3.8, 4) is 5.75 Å². The molecule has 0 fully saturated rings. The minimum atomic E-state index is 0.248. The molecule has 0 aliphatic heterocycles. The summed E-state index contributed by atoms with van der Waals surface area (Å²) in [5.74, 6) is 0.248. The van der Waals surface area contributed by atoms with Crippen LogP contribution in [0.5, 0.6) is 5.75 Å². The summed E-state index contributed by atoms with van der Waals surface area (Å²) in [5, 5.41) is 15.6. The van der Waals surface area contributed by atoms with E-state index in [9.17, 15) is 5.11 Å². The van der Waals surface area contributed by atoms with E-state index in [0.717, 1.165) is 10.9 Å². The minimum absolute atomic E-state index is 0.248. The minimum Gasteiger partial charge on any atom is -0.506 e. The predicted molar refractivity (Wildman–Crippen MR) is 83.2 cm³/mol. The van der Waals surface area contributed by atoms with E-state index in [1.165, 1.54) is 21.5 Å². The Morgan fingerprint density at radius 3 is 2.05 bits per heavy atom. The molecule has 2 heteroatoms. The fraction of sp³-hybridized carbons (Fsp3) is 0.0556. The van der Waals surface area contributed by atoms with Gasteiger partial charge in [-0.25, -0.2) is 4.98 Å². The zero-order chi connectivity index (χ0) is 13.7. The van der Waals surface area contributed by atoms with Gasteiger partial charge in [0.05, 0.1) is 11.2 Å². The van der Waals surface area contributed by atoms with Crippen molar-refractivity contribution >= 4 is 32.4 Å². The first-order valence-corrected chi connectivity index (χ1v) is 6.63.